The Morgan fingerprint density at radius 2 is 1.60 bits per heavy atom. The number of hydrogen-bond acceptors (Lipinski definition) is 2. The maximum absolute atomic E-state index is 6.31. The number of benzene rings is 2. The highest BCUT2D eigenvalue weighted by Gasteiger charge is 2.37. The molecule has 2 N–H and O–H groups in total. The fourth-order valence-electron chi connectivity index (χ4n) is 3.35. The Morgan fingerprint density at radius 3 is 2.30 bits per heavy atom. The Labute approximate surface area is 121 Å². The average Bonchev–Trinajstić information content (AvgIpc) is 2.40. The normalized spacial score (nSPS) is 15.9. The van der Waals surface area contributed by atoms with Gasteiger partial charge in [0, 0.05) is 17.1 Å². The lowest BCUT2D eigenvalue weighted by molar-refractivity contribution is 0.613. The fraction of sp³-hybridized carbons (Fsp3) is 0.333. The molecule has 0 saturated heterocycles. The van der Waals surface area contributed by atoms with E-state index >= 15 is 0 Å². The molecule has 0 aromatic heterocycles. The van der Waals surface area contributed by atoms with E-state index in [2.05, 4.69) is 69.0 Å². The molecule has 2 aromatic carbocycles. The molecule has 1 aliphatic heterocycles. The van der Waals surface area contributed by atoms with E-state index in [9.17, 15) is 0 Å². The van der Waals surface area contributed by atoms with E-state index in [1.165, 1.54) is 22.5 Å². The molecule has 0 spiro atoms. The van der Waals surface area contributed by atoms with E-state index in [1.54, 1.807) is 0 Å². The summed E-state index contributed by atoms with van der Waals surface area (Å²) < 4.78 is 0. The summed E-state index contributed by atoms with van der Waals surface area (Å²) >= 11 is 0. The number of nitrogens with two attached hydrogens (primary N) is 1. The van der Waals surface area contributed by atoms with Gasteiger partial charge in [0.2, 0.25) is 0 Å². The molecule has 0 fully saturated rings. The maximum Gasteiger partial charge on any atom is 0.0688 e. The van der Waals surface area contributed by atoms with Crippen molar-refractivity contribution >= 4 is 17.1 Å². The van der Waals surface area contributed by atoms with E-state index in [4.69, 9.17) is 5.73 Å². The SMILES string of the molecule is CC(C)N1c2ccccc2C(C)(C)c2cccc(N)c21. The van der Waals surface area contributed by atoms with Crippen molar-refractivity contribution in [2.75, 3.05) is 10.6 Å². The molecule has 0 aliphatic carbocycles. The molecular formula is C18H22N2. The van der Waals surface area contributed by atoms with Crippen LogP contribution in [-0.4, -0.2) is 6.04 Å². The number of fused-ring (bicyclic) bond motifs is 2. The number of hydrogen-bond donors (Lipinski definition) is 1. The highest BCUT2D eigenvalue weighted by molar-refractivity contribution is 5.85. The minimum atomic E-state index is -0.0211. The van der Waals surface area contributed by atoms with Gasteiger partial charge in [0.05, 0.1) is 11.4 Å². The molecule has 20 heavy (non-hydrogen) atoms. The molecule has 3 rings (SSSR count). The first kappa shape index (κ1) is 13.0. The second kappa shape index (κ2) is 4.27. The summed E-state index contributed by atoms with van der Waals surface area (Å²) in [5.74, 6) is 0. The average molecular weight is 266 g/mol. The van der Waals surface area contributed by atoms with Gasteiger partial charge in [0.1, 0.15) is 0 Å². The van der Waals surface area contributed by atoms with Gasteiger partial charge < -0.3 is 10.6 Å². The van der Waals surface area contributed by atoms with Crippen LogP contribution in [0.25, 0.3) is 0 Å². The quantitative estimate of drug-likeness (QED) is 0.772. The van der Waals surface area contributed by atoms with Crippen LogP contribution in [0.15, 0.2) is 42.5 Å². The molecule has 0 bridgehead atoms. The van der Waals surface area contributed by atoms with Crippen LogP contribution >= 0.6 is 0 Å². The molecular weight excluding hydrogens is 244 g/mol. The summed E-state index contributed by atoms with van der Waals surface area (Å²) in [4.78, 5) is 2.37. The number of nitrogens with zero attached hydrogens (tertiary/aromatic N) is 1. The Kier molecular flexibility index (Phi) is 2.79. The van der Waals surface area contributed by atoms with Crippen molar-refractivity contribution in [3.8, 4) is 0 Å². The smallest absolute Gasteiger partial charge is 0.0688 e. The number of anilines is 3. The van der Waals surface area contributed by atoms with Crippen molar-refractivity contribution in [2.24, 2.45) is 0 Å². The van der Waals surface area contributed by atoms with Gasteiger partial charge in [0.15, 0.2) is 0 Å². The van der Waals surface area contributed by atoms with E-state index in [1.807, 2.05) is 6.07 Å². The molecule has 2 nitrogen and oxygen atoms in total. The molecule has 104 valence electrons. The van der Waals surface area contributed by atoms with E-state index < -0.39 is 0 Å². The zero-order valence-corrected chi connectivity index (χ0v) is 12.6. The van der Waals surface area contributed by atoms with Gasteiger partial charge in [0.25, 0.3) is 0 Å². The third-order valence-corrected chi connectivity index (χ3v) is 4.33. The van der Waals surface area contributed by atoms with Crippen molar-refractivity contribution in [1.82, 2.24) is 0 Å². The summed E-state index contributed by atoms with van der Waals surface area (Å²) in [5.41, 5.74) is 12.3. The monoisotopic (exact) mass is 266 g/mol. The summed E-state index contributed by atoms with van der Waals surface area (Å²) in [6.45, 7) is 8.99. The summed E-state index contributed by atoms with van der Waals surface area (Å²) in [6.07, 6.45) is 0. The van der Waals surface area contributed by atoms with Crippen molar-refractivity contribution < 1.29 is 0 Å². The van der Waals surface area contributed by atoms with Crippen LogP contribution in [-0.2, 0) is 5.41 Å². The van der Waals surface area contributed by atoms with Gasteiger partial charge in [-0.25, -0.2) is 0 Å². The molecule has 0 saturated carbocycles. The van der Waals surface area contributed by atoms with Gasteiger partial charge >= 0.3 is 0 Å². The first-order valence-electron chi connectivity index (χ1n) is 7.22. The van der Waals surface area contributed by atoms with Crippen LogP contribution in [0, 0.1) is 0 Å². The van der Waals surface area contributed by atoms with Crippen molar-refractivity contribution in [1.29, 1.82) is 0 Å². The van der Waals surface area contributed by atoms with Gasteiger partial charge in [-0.1, -0.05) is 44.2 Å². The second-order valence-electron chi connectivity index (χ2n) is 6.35. The predicted molar refractivity (Wildman–Crippen MR) is 86.7 cm³/mol. The molecule has 1 heterocycles. The van der Waals surface area contributed by atoms with Crippen LogP contribution < -0.4 is 10.6 Å². The zero-order chi connectivity index (χ0) is 14.5. The topological polar surface area (TPSA) is 29.3 Å². The summed E-state index contributed by atoms with van der Waals surface area (Å²) in [7, 11) is 0. The van der Waals surface area contributed by atoms with Crippen LogP contribution in [0.5, 0.6) is 0 Å². The van der Waals surface area contributed by atoms with Crippen LogP contribution in [0.2, 0.25) is 0 Å². The Balaban J connectivity index is 2.38. The summed E-state index contributed by atoms with van der Waals surface area (Å²) in [6, 6.07) is 15.3. The third kappa shape index (κ3) is 1.64. The molecule has 0 radical (unpaired) electrons. The Bertz CT molecular complexity index is 656. The highest BCUT2D eigenvalue weighted by Crippen LogP contribution is 2.51. The van der Waals surface area contributed by atoms with Gasteiger partial charge in [-0.05, 0) is 37.1 Å². The lowest BCUT2D eigenvalue weighted by Crippen LogP contribution is -2.37. The van der Waals surface area contributed by atoms with Crippen LogP contribution in [0.3, 0.4) is 0 Å². The first-order chi connectivity index (χ1) is 9.44. The van der Waals surface area contributed by atoms with Crippen LogP contribution in [0.4, 0.5) is 17.1 Å². The minimum Gasteiger partial charge on any atom is -0.397 e. The van der Waals surface area contributed by atoms with Gasteiger partial charge in [-0.15, -0.1) is 0 Å². The molecule has 0 atom stereocenters. The number of nitrogen functional groups attached to an aromatic ring is 1. The first-order valence-corrected chi connectivity index (χ1v) is 7.22. The zero-order valence-electron chi connectivity index (χ0n) is 12.6. The van der Waals surface area contributed by atoms with Gasteiger partial charge in [-0.3, -0.25) is 0 Å². The second-order valence-corrected chi connectivity index (χ2v) is 6.35. The molecule has 2 aromatic rings. The Hall–Kier alpha value is -1.96. The summed E-state index contributed by atoms with van der Waals surface area (Å²) in [5, 5.41) is 0. The molecule has 2 heteroatoms. The van der Waals surface area contributed by atoms with E-state index in [0.717, 1.165) is 5.69 Å². The predicted octanol–water partition coefficient (Wildman–Crippen LogP) is 4.45. The lowest BCUT2D eigenvalue weighted by atomic mass is 9.73. The van der Waals surface area contributed by atoms with Crippen molar-refractivity contribution in [3.63, 3.8) is 0 Å². The van der Waals surface area contributed by atoms with E-state index in [-0.39, 0.29) is 5.41 Å². The molecule has 0 amide bonds. The fourth-order valence-corrected chi connectivity index (χ4v) is 3.35. The number of para-hydroxylation sites is 2. The van der Waals surface area contributed by atoms with Crippen molar-refractivity contribution in [2.45, 2.75) is 39.2 Å². The lowest BCUT2D eigenvalue weighted by Gasteiger charge is -2.44. The Morgan fingerprint density at radius 1 is 0.950 bits per heavy atom. The standard InChI is InChI=1S/C18H22N2/c1-12(2)20-16-11-6-5-8-13(16)18(3,4)14-9-7-10-15(19)17(14)20/h5-12H,19H2,1-4H3. The van der Waals surface area contributed by atoms with Crippen molar-refractivity contribution in [3.05, 3.63) is 53.6 Å². The third-order valence-electron chi connectivity index (χ3n) is 4.33. The largest absolute Gasteiger partial charge is 0.397 e. The van der Waals surface area contributed by atoms with E-state index in [0.29, 0.717) is 6.04 Å². The van der Waals surface area contributed by atoms with Gasteiger partial charge in [-0.2, -0.15) is 0 Å². The highest BCUT2D eigenvalue weighted by atomic mass is 15.2. The number of rotatable bonds is 1. The maximum atomic E-state index is 6.31. The minimum absolute atomic E-state index is 0.0211. The van der Waals surface area contributed by atoms with Crippen LogP contribution in [0.1, 0.15) is 38.8 Å². The molecule has 1 aliphatic rings. The molecule has 0 unspecified atom stereocenters.